The first-order valence-corrected chi connectivity index (χ1v) is 6.19. The third-order valence-electron chi connectivity index (χ3n) is 3.54. The molecule has 0 spiro atoms. The van der Waals surface area contributed by atoms with Gasteiger partial charge in [-0.1, -0.05) is 0 Å². The Kier molecular flexibility index (Phi) is 3.17. The molecule has 5 N–H and O–H groups in total. The summed E-state index contributed by atoms with van der Waals surface area (Å²) in [6.07, 6.45) is -1.16. The Morgan fingerprint density at radius 1 is 1.52 bits per heavy atom. The first kappa shape index (κ1) is 13.9. The molecule has 0 aliphatic carbocycles. The average Bonchev–Trinajstić information content (AvgIpc) is 3.02. The van der Waals surface area contributed by atoms with Crippen molar-refractivity contribution in [3.05, 3.63) is 6.33 Å². The van der Waals surface area contributed by atoms with Gasteiger partial charge in [0.2, 0.25) is 11.8 Å². The van der Waals surface area contributed by atoms with E-state index in [1.807, 2.05) is 0 Å². The minimum Gasteiger partial charge on any atom is -0.479 e. The maximum Gasteiger partial charge on any atom is 0.246 e. The molecule has 1 fully saturated rings. The fourth-order valence-electron chi connectivity index (χ4n) is 2.44. The van der Waals surface area contributed by atoms with Gasteiger partial charge in [-0.05, 0) is 0 Å². The molecule has 0 radical (unpaired) electrons. The highest BCUT2D eigenvalue weighted by molar-refractivity contribution is 5.77. The van der Waals surface area contributed by atoms with Crippen molar-refractivity contribution in [3.8, 4) is 5.88 Å². The molecular formula is C11H15N5O5. The molecular weight excluding hydrogens is 282 g/mol. The van der Waals surface area contributed by atoms with E-state index < -0.39 is 24.5 Å². The summed E-state index contributed by atoms with van der Waals surface area (Å²) in [5.74, 6) is 0.111. The van der Waals surface area contributed by atoms with Crippen molar-refractivity contribution in [2.45, 2.75) is 17.9 Å². The van der Waals surface area contributed by atoms with E-state index >= 15 is 0 Å². The van der Waals surface area contributed by atoms with E-state index in [-0.39, 0.29) is 24.1 Å². The maximum atomic E-state index is 10.1. The highest BCUT2D eigenvalue weighted by atomic mass is 16.6. The zero-order chi connectivity index (χ0) is 15.2. The average molecular weight is 297 g/mol. The number of nitrogens with two attached hydrogens (primary N) is 1. The zero-order valence-corrected chi connectivity index (χ0v) is 11.2. The first-order valence-electron chi connectivity index (χ1n) is 6.19. The van der Waals surface area contributed by atoms with Crippen LogP contribution in [0.15, 0.2) is 6.33 Å². The first-order chi connectivity index (χ1) is 10.0. The van der Waals surface area contributed by atoms with E-state index in [2.05, 4.69) is 15.0 Å². The molecule has 10 heteroatoms. The smallest absolute Gasteiger partial charge is 0.246 e. The van der Waals surface area contributed by atoms with Crippen molar-refractivity contribution in [1.82, 2.24) is 19.5 Å². The predicted octanol–water partition coefficient (Wildman–Crippen LogP) is -2.19. The highest BCUT2D eigenvalue weighted by Crippen LogP contribution is 2.35. The van der Waals surface area contributed by atoms with Crippen molar-refractivity contribution in [3.63, 3.8) is 0 Å². The molecule has 2 aromatic heterocycles. The normalized spacial score (nSPS) is 29.1. The predicted molar refractivity (Wildman–Crippen MR) is 69.3 cm³/mol. The van der Waals surface area contributed by atoms with Crippen LogP contribution in [0, 0.1) is 0 Å². The number of aromatic nitrogens is 4. The van der Waals surface area contributed by atoms with E-state index in [9.17, 15) is 15.3 Å². The van der Waals surface area contributed by atoms with Gasteiger partial charge < -0.3 is 30.5 Å². The topological polar surface area (TPSA) is 149 Å². The molecule has 3 heterocycles. The Balaban J connectivity index is 2.23. The summed E-state index contributed by atoms with van der Waals surface area (Å²) in [5, 5.41) is 29.5. The van der Waals surface area contributed by atoms with Crippen LogP contribution in [-0.4, -0.2) is 67.4 Å². The number of nitrogen functional groups attached to an aromatic ring is 1. The Labute approximate surface area is 118 Å². The molecule has 114 valence electrons. The quantitative estimate of drug-likeness (QED) is 0.495. The van der Waals surface area contributed by atoms with Crippen LogP contribution in [-0.2, 0) is 10.5 Å². The van der Waals surface area contributed by atoms with Crippen molar-refractivity contribution in [2.24, 2.45) is 0 Å². The lowest BCUT2D eigenvalue weighted by Gasteiger charge is -2.31. The number of methoxy groups -OCH3 is 1. The summed E-state index contributed by atoms with van der Waals surface area (Å²) < 4.78 is 11.8. The third-order valence-corrected chi connectivity index (χ3v) is 3.54. The lowest BCUT2D eigenvalue weighted by molar-refractivity contribution is -0.149. The van der Waals surface area contributed by atoms with Crippen LogP contribution >= 0.6 is 0 Å². The molecule has 21 heavy (non-hydrogen) atoms. The molecule has 0 aromatic carbocycles. The van der Waals surface area contributed by atoms with Gasteiger partial charge in [0.25, 0.3) is 0 Å². The van der Waals surface area contributed by atoms with Gasteiger partial charge in [-0.2, -0.15) is 9.97 Å². The van der Waals surface area contributed by atoms with Crippen LogP contribution < -0.4 is 10.5 Å². The van der Waals surface area contributed by atoms with Crippen LogP contribution in [0.4, 0.5) is 5.95 Å². The van der Waals surface area contributed by atoms with Crippen LogP contribution in [0.25, 0.3) is 11.2 Å². The van der Waals surface area contributed by atoms with Gasteiger partial charge in [0.05, 0.1) is 26.7 Å². The van der Waals surface area contributed by atoms with Crippen molar-refractivity contribution < 1.29 is 24.8 Å². The number of imidazole rings is 1. The molecule has 3 rings (SSSR count). The molecule has 1 aliphatic rings. The fraction of sp³-hybridized carbons (Fsp3) is 0.545. The van der Waals surface area contributed by atoms with E-state index in [0.717, 1.165) is 0 Å². The number of aliphatic hydroxyl groups is 3. The molecule has 1 saturated heterocycles. The molecule has 1 aliphatic heterocycles. The van der Waals surface area contributed by atoms with E-state index in [1.54, 1.807) is 0 Å². The van der Waals surface area contributed by atoms with Gasteiger partial charge in [0.1, 0.15) is 12.2 Å². The van der Waals surface area contributed by atoms with E-state index in [4.69, 9.17) is 15.2 Å². The lowest BCUT2D eigenvalue weighted by atomic mass is 10.1. The minimum absolute atomic E-state index is 0.0535. The fourth-order valence-corrected chi connectivity index (χ4v) is 2.44. The van der Waals surface area contributed by atoms with Crippen molar-refractivity contribution in [1.29, 1.82) is 0 Å². The van der Waals surface area contributed by atoms with Gasteiger partial charge in [-0.3, -0.25) is 4.57 Å². The van der Waals surface area contributed by atoms with Gasteiger partial charge in [-0.25, -0.2) is 4.98 Å². The second kappa shape index (κ2) is 4.77. The SMILES string of the molecule is COc1nc(N)nc2c1ncn2[C@@]1(CO)OC[C@H](O)[C@@H]1O. The zero-order valence-electron chi connectivity index (χ0n) is 11.2. The number of aliphatic hydroxyl groups excluding tert-OH is 3. The van der Waals surface area contributed by atoms with Crippen molar-refractivity contribution in [2.75, 3.05) is 26.1 Å². The van der Waals surface area contributed by atoms with Gasteiger partial charge in [-0.15, -0.1) is 0 Å². The number of nitrogens with zero attached hydrogens (tertiary/aromatic N) is 4. The summed E-state index contributed by atoms with van der Waals surface area (Å²) >= 11 is 0. The number of ether oxygens (including phenoxy) is 2. The van der Waals surface area contributed by atoms with Gasteiger partial charge in [0.15, 0.2) is 16.9 Å². The molecule has 3 atom stereocenters. The number of rotatable bonds is 3. The maximum absolute atomic E-state index is 10.1. The molecule has 0 saturated carbocycles. The summed E-state index contributed by atoms with van der Waals surface area (Å²) in [4.78, 5) is 12.0. The van der Waals surface area contributed by atoms with Gasteiger partial charge in [0, 0.05) is 0 Å². The Morgan fingerprint density at radius 2 is 2.29 bits per heavy atom. The van der Waals surface area contributed by atoms with Crippen LogP contribution in [0.1, 0.15) is 0 Å². The monoisotopic (exact) mass is 297 g/mol. The highest BCUT2D eigenvalue weighted by Gasteiger charge is 2.51. The van der Waals surface area contributed by atoms with Crippen LogP contribution in [0.2, 0.25) is 0 Å². The summed E-state index contributed by atoms with van der Waals surface area (Å²) in [5.41, 5.74) is 4.56. The second-order valence-electron chi connectivity index (χ2n) is 4.70. The van der Waals surface area contributed by atoms with Crippen LogP contribution in [0.3, 0.4) is 0 Å². The second-order valence-corrected chi connectivity index (χ2v) is 4.70. The summed E-state index contributed by atoms with van der Waals surface area (Å²) in [7, 11) is 1.41. The van der Waals surface area contributed by atoms with Gasteiger partial charge >= 0.3 is 0 Å². The van der Waals surface area contributed by atoms with Crippen molar-refractivity contribution >= 4 is 17.1 Å². The number of hydrogen-bond donors (Lipinski definition) is 4. The van der Waals surface area contributed by atoms with E-state index in [1.165, 1.54) is 18.0 Å². The molecule has 2 aromatic rings. The largest absolute Gasteiger partial charge is 0.479 e. The Bertz CT molecular complexity index is 676. The number of fused-ring (bicyclic) bond motifs is 1. The Hall–Kier alpha value is -2.01. The number of anilines is 1. The molecule has 0 bridgehead atoms. The third kappa shape index (κ3) is 1.84. The molecule has 0 amide bonds. The summed E-state index contributed by atoms with van der Waals surface area (Å²) in [6, 6.07) is 0. The Morgan fingerprint density at radius 3 is 2.86 bits per heavy atom. The molecule has 0 unspecified atom stereocenters. The lowest BCUT2D eigenvalue weighted by Crippen LogP contribution is -2.48. The summed E-state index contributed by atoms with van der Waals surface area (Å²) in [6.45, 7) is -0.706. The number of hydrogen-bond acceptors (Lipinski definition) is 9. The van der Waals surface area contributed by atoms with Crippen LogP contribution in [0.5, 0.6) is 5.88 Å². The molecule has 10 nitrogen and oxygen atoms in total. The minimum atomic E-state index is -1.58. The van der Waals surface area contributed by atoms with E-state index in [0.29, 0.717) is 5.52 Å². The standard InChI is InChI=1S/C11H15N5O5/c1-20-9-6-8(14-10(12)15-9)16(4-13-6)11(3-17)7(19)5(18)2-21-11/h4-5,7,17-19H,2-3H2,1H3,(H2,12,14,15)/t5-,7-,11-/m0/s1.